The van der Waals surface area contributed by atoms with Gasteiger partial charge in [0.05, 0.1) is 6.04 Å². The molecule has 2 N–H and O–H groups in total. The number of rotatable bonds is 6. The summed E-state index contributed by atoms with van der Waals surface area (Å²) in [7, 11) is 3.96. The van der Waals surface area contributed by atoms with Gasteiger partial charge in [0.2, 0.25) is 0 Å². The van der Waals surface area contributed by atoms with Crippen LogP contribution in [0.5, 0.6) is 0 Å². The molecule has 0 aliphatic carbocycles. The fraction of sp³-hybridized carbons (Fsp3) is 0.278. The molecule has 0 spiro atoms. The number of nitrogens with one attached hydrogen (secondary N) is 2. The Bertz CT molecular complexity index is 614. The van der Waals surface area contributed by atoms with Crippen molar-refractivity contribution in [1.29, 1.82) is 0 Å². The van der Waals surface area contributed by atoms with E-state index in [2.05, 4.69) is 15.5 Å². The van der Waals surface area contributed by atoms with Crippen LogP contribution in [0.1, 0.15) is 17.2 Å². The smallest absolute Gasteiger partial charge is 0.315 e. The maximum atomic E-state index is 12.8. The Morgan fingerprint density at radius 3 is 2.30 bits per heavy atom. The quantitative estimate of drug-likeness (QED) is 0.861. The summed E-state index contributed by atoms with van der Waals surface area (Å²) in [6, 6.07) is 16.0. The molecule has 0 fully saturated rings. The number of hydrogen-bond donors (Lipinski definition) is 2. The zero-order valence-electron chi connectivity index (χ0n) is 13.4. The van der Waals surface area contributed by atoms with Gasteiger partial charge in [-0.2, -0.15) is 0 Å². The third-order valence-corrected chi connectivity index (χ3v) is 3.63. The molecule has 2 aromatic carbocycles. The molecular formula is C18H22FN3O. The first-order valence-corrected chi connectivity index (χ1v) is 7.54. The van der Waals surface area contributed by atoms with Crippen LogP contribution in [0, 0.1) is 5.82 Å². The molecule has 1 atom stereocenters. The molecule has 23 heavy (non-hydrogen) atoms. The van der Waals surface area contributed by atoms with Crippen molar-refractivity contribution in [3.8, 4) is 0 Å². The lowest BCUT2D eigenvalue weighted by molar-refractivity contribution is 0.232. The van der Waals surface area contributed by atoms with Crippen LogP contribution in [0.4, 0.5) is 9.18 Å². The molecule has 0 bridgehead atoms. The van der Waals surface area contributed by atoms with E-state index in [-0.39, 0.29) is 17.9 Å². The van der Waals surface area contributed by atoms with Crippen LogP contribution >= 0.6 is 0 Å². The van der Waals surface area contributed by atoms with Crippen molar-refractivity contribution in [3.63, 3.8) is 0 Å². The molecule has 1 unspecified atom stereocenters. The van der Waals surface area contributed by atoms with Gasteiger partial charge >= 0.3 is 6.03 Å². The number of halogens is 1. The fourth-order valence-corrected chi connectivity index (χ4v) is 2.31. The van der Waals surface area contributed by atoms with Crippen molar-refractivity contribution in [1.82, 2.24) is 15.5 Å². The van der Waals surface area contributed by atoms with Crippen LogP contribution in [0.25, 0.3) is 0 Å². The summed E-state index contributed by atoms with van der Waals surface area (Å²) in [6.45, 7) is 0.871. The molecule has 4 nitrogen and oxygen atoms in total. The summed E-state index contributed by atoms with van der Waals surface area (Å²) in [5.74, 6) is -0.283. The molecule has 0 aliphatic rings. The van der Waals surface area contributed by atoms with Crippen LogP contribution in [-0.4, -0.2) is 31.6 Å². The van der Waals surface area contributed by atoms with Crippen LogP contribution in [-0.2, 0) is 6.54 Å². The Morgan fingerprint density at radius 2 is 1.70 bits per heavy atom. The summed E-state index contributed by atoms with van der Waals surface area (Å²) in [5.41, 5.74) is 2.00. The van der Waals surface area contributed by atoms with E-state index in [0.29, 0.717) is 13.1 Å². The highest BCUT2D eigenvalue weighted by atomic mass is 19.1. The minimum atomic E-state index is -0.283. The van der Waals surface area contributed by atoms with Crippen LogP contribution in [0.2, 0.25) is 0 Å². The van der Waals surface area contributed by atoms with E-state index in [4.69, 9.17) is 0 Å². The van der Waals surface area contributed by atoms with E-state index < -0.39 is 0 Å². The molecular weight excluding hydrogens is 293 g/mol. The van der Waals surface area contributed by atoms with Gasteiger partial charge in [0.25, 0.3) is 0 Å². The monoisotopic (exact) mass is 315 g/mol. The first-order chi connectivity index (χ1) is 11.1. The van der Waals surface area contributed by atoms with Crippen molar-refractivity contribution >= 4 is 6.03 Å². The third kappa shape index (κ3) is 5.38. The molecule has 0 saturated heterocycles. The lowest BCUT2D eigenvalue weighted by atomic mass is 10.1. The van der Waals surface area contributed by atoms with Gasteiger partial charge in [0.15, 0.2) is 0 Å². The van der Waals surface area contributed by atoms with Gasteiger partial charge in [-0.25, -0.2) is 9.18 Å². The Balaban J connectivity index is 1.83. The summed E-state index contributed by atoms with van der Waals surface area (Å²) in [4.78, 5) is 14.0. The Morgan fingerprint density at radius 1 is 1.04 bits per heavy atom. The second-order valence-corrected chi connectivity index (χ2v) is 5.58. The molecule has 2 rings (SSSR count). The van der Waals surface area contributed by atoms with Crippen molar-refractivity contribution in [2.45, 2.75) is 12.6 Å². The van der Waals surface area contributed by atoms with Gasteiger partial charge in [0, 0.05) is 13.1 Å². The molecule has 0 heterocycles. The number of carbonyl (C=O) groups excluding carboxylic acids is 1. The van der Waals surface area contributed by atoms with Crippen LogP contribution in [0.15, 0.2) is 54.6 Å². The van der Waals surface area contributed by atoms with Gasteiger partial charge in [-0.15, -0.1) is 0 Å². The number of carbonyl (C=O) groups is 1. The Hall–Kier alpha value is -2.40. The molecule has 122 valence electrons. The summed E-state index contributed by atoms with van der Waals surface area (Å²) >= 11 is 0. The lowest BCUT2D eigenvalue weighted by Crippen LogP contribution is -2.40. The number of likely N-dealkylation sites (N-methyl/N-ethyl adjacent to an activating group) is 1. The molecule has 0 saturated carbocycles. The topological polar surface area (TPSA) is 44.4 Å². The van der Waals surface area contributed by atoms with E-state index in [1.54, 1.807) is 12.1 Å². The summed E-state index contributed by atoms with van der Waals surface area (Å²) in [6.07, 6.45) is 0. The van der Waals surface area contributed by atoms with E-state index >= 15 is 0 Å². The van der Waals surface area contributed by atoms with E-state index in [0.717, 1.165) is 11.1 Å². The predicted octanol–water partition coefficient (Wildman–Crippen LogP) is 2.93. The Kier molecular flexibility index (Phi) is 6.11. The number of urea groups is 1. The average molecular weight is 315 g/mol. The summed E-state index contributed by atoms with van der Waals surface area (Å²) < 4.78 is 12.8. The van der Waals surface area contributed by atoms with Crippen molar-refractivity contribution in [2.75, 3.05) is 20.6 Å². The molecule has 5 heteroatoms. The van der Waals surface area contributed by atoms with Gasteiger partial charge < -0.3 is 15.5 Å². The van der Waals surface area contributed by atoms with Crippen LogP contribution in [0.3, 0.4) is 0 Å². The molecule has 0 aliphatic heterocycles. The first-order valence-electron chi connectivity index (χ1n) is 7.54. The number of hydrogen-bond acceptors (Lipinski definition) is 2. The van der Waals surface area contributed by atoms with Crippen LogP contribution < -0.4 is 10.6 Å². The Labute approximate surface area is 136 Å². The minimum Gasteiger partial charge on any atom is -0.336 e. The van der Waals surface area contributed by atoms with Crippen molar-refractivity contribution in [2.24, 2.45) is 0 Å². The largest absolute Gasteiger partial charge is 0.336 e. The second-order valence-electron chi connectivity index (χ2n) is 5.58. The normalized spacial score (nSPS) is 12.0. The van der Waals surface area contributed by atoms with E-state index in [9.17, 15) is 9.18 Å². The molecule has 0 aromatic heterocycles. The summed E-state index contributed by atoms with van der Waals surface area (Å²) in [5, 5.41) is 5.65. The highest BCUT2D eigenvalue weighted by molar-refractivity contribution is 5.73. The highest BCUT2D eigenvalue weighted by Crippen LogP contribution is 2.16. The maximum absolute atomic E-state index is 12.8. The van der Waals surface area contributed by atoms with Gasteiger partial charge in [0.1, 0.15) is 5.82 Å². The number of nitrogens with zero attached hydrogens (tertiary/aromatic N) is 1. The first kappa shape index (κ1) is 17.0. The minimum absolute atomic E-state index is 0.104. The average Bonchev–Trinajstić information content (AvgIpc) is 2.55. The van der Waals surface area contributed by atoms with Gasteiger partial charge in [-0.05, 0) is 37.4 Å². The third-order valence-electron chi connectivity index (χ3n) is 3.63. The fourth-order valence-electron chi connectivity index (χ4n) is 2.31. The number of amides is 2. The molecule has 2 aromatic rings. The van der Waals surface area contributed by atoms with E-state index in [1.807, 2.05) is 44.4 Å². The van der Waals surface area contributed by atoms with Gasteiger partial charge in [-0.3, -0.25) is 0 Å². The van der Waals surface area contributed by atoms with Gasteiger partial charge in [-0.1, -0.05) is 42.5 Å². The van der Waals surface area contributed by atoms with E-state index in [1.165, 1.54) is 12.1 Å². The van der Waals surface area contributed by atoms with Crippen molar-refractivity contribution in [3.05, 3.63) is 71.5 Å². The maximum Gasteiger partial charge on any atom is 0.315 e. The highest BCUT2D eigenvalue weighted by Gasteiger charge is 2.14. The number of benzene rings is 2. The second kappa shape index (κ2) is 8.29. The lowest BCUT2D eigenvalue weighted by Gasteiger charge is -2.25. The zero-order chi connectivity index (χ0) is 16.7. The molecule has 2 amide bonds. The zero-order valence-corrected chi connectivity index (χ0v) is 13.4. The standard InChI is InChI=1S/C18H22FN3O/c1-22(2)17(15-6-4-3-5-7-15)13-21-18(23)20-12-14-8-10-16(19)11-9-14/h3-11,17H,12-13H2,1-2H3,(H2,20,21,23). The molecule has 0 radical (unpaired) electrons. The predicted molar refractivity (Wildman–Crippen MR) is 89.5 cm³/mol. The SMILES string of the molecule is CN(C)C(CNC(=O)NCc1ccc(F)cc1)c1ccccc1. The van der Waals surface area contributed by atoms with Crippen molar-refractivity contribution < 1.29 is 9.18 Å².